The van der Waals surface area contributed by atoms with Gasteiger partial charge in [-0.05, 0) is 42.3 Å². The molecule has 3 unspecified atom stereocenters. The first-order chi connectivity index (χ1) is 18.0. The van der Waals surface area contributed by atoms with E-state index in [2.05, 4.69) is 11.4 Å². The number of carbonyl (C=O) groups excluding carboxylic acids is 2. The second kappa shape index (κ2) is 10.7. The third kappa shape index (κ3) is 5.28. The SMILES string of the molecule is CC1=C(C(=O)OCCOc2ccccc2)C(c2cccc(O)c2)C2C(=O)CC(c3ccccc3)C=C2N1. The van der Waals surface area contributed by atoms with E-state index < -0.39 is 17.8 Å². The van der Waals surface area contributed by atoms with Crippen molar-refractivity contribution in [2.24, 2.45) is 5.92 Å². The summed E-state index contributed by atoms with van der Waals surface area (Å²) in [6.45, 7) is 2.09. The molecule has 1 aliphatic heterocycles. The Morgan fingerprint density at radius 2 is 1.62 bits per heavy atom. The molecular weight excluding hydrogens is 466 g/mol. The van der Waals surface area contributed by atoms with E-state index in [4.69, 9.17) is 9.47 Å². The van der Waals surface area contributed by atoms with Gasteiger partial charge in [0, 0.05) is 29.7 Å². The number of ether oxygens (including phenoxy) is 2. The number of esters is 1. The monoisotopic (exact) mass is 495 g/mol. The first-order valence-electron chi connectivity index (χ1n) is 12.4. The molecule has 37 heavy (non-hydrogen) atoms. The van der Waals surface area contributed by atoms with Gasteiger partial charge in [-0.3, -0.25) is 4.79 Å². The van der Waals surface area contributed by atoms with Gasteiger partial charge in [0.1, 0.15) is 30.5 Å². The molecule has 3 atom stereocenters. The van der Waals surface area contributed by atoms with Crippen LogP contribution >= 0.6 is 0 Å². The summed E-state index contributed by atoms with van der Waals surface area (Å²) in [7, 11) is 0. The van der Waals surface area contributed by atoms with E-state index >= 15 is 0 Å². The fourth-order valence-corrected chi connectivity index (χ4v) is 5.23. The smallest absolute Gasteiger partial charge is 0.336 e. The van der Waals surface area contributed by atoms with E-state index in [1.807, 2.05) is 73.7 Å². The van der Waals surface area contributed by atoms with Crippen LogP contribution in [0.4, 0.5) is 0 Å². The summed E-state index contributed by atoms with van der Waals surface area (Å²) in [4.78, 5) is 27.0. The van der Waals surface area contributed by atoms with Crippen molar-refractivity contribution >= 4 is 11.8 Å². The topological polar surface area (TPSA) is 84.9 Å². The number of aromatic hydroxyl groups is 1. The number of phenolic OH excluding ortho intramolecular Hbond substituents is 1. The number of Topliss-reactive ketones (excluding diaryl/α,β-unsaturated/α-hetero) is 1. The first-order valence-corrected chi connectivity index (χ1v) is 12.4. The molecule has 0 bridgehead atoms. The average Bonchev–Trinajstić information content (AvgIpc) is 2.91. The Kier molecular flexibility index (Phi) is 7.08. The average molecular weight is 496 g/mol. The Labute approximate surface area is 216 Å². The molecule has 0 saturated carbocycles. The van der Waals surface area contributed by atoms with Crippen molar-refractivity contribution < 1.29 is 24.2 Å². The van der Waals surface area contributed by atoms with E-state index in [0.717, 1.165) is 11.3 Å². The second-order valence-corrected chi connectivity index (χ2v) is 9.32. The molecule has 0 saturated heterocycles. The number of rotatable bonds is 7. The predicted octanol–water partition coefficient (Wildman–Crippen LogP) is 5.23. The largest absolute Gasteiger partial charge is 0.508 e. The number of hydrogen-bond donors (Lipinski definition) is 2. The maximum Gasteiger partial charge on any atom is 0.336 e. The summed E-state index contributed by atoms with van der Waals surface area (Å²) in [6, 6.07) is 26.0. The standard InChI is InChI=1S/C31H29NO5/c1-20-28(31(35)37-16-15-36-25-13-6-3-7-14-25)29(22-11-8-12-24(33)17-22)30-26(32-20)18-23(19-27(30)34)21-9-4-2-5-10-21/h2-14,17-18,23,29-30,32-33H,15-16,19H2,1H3. The van der Waals surface area contributed by atoms with Crippen molar-refractivity contribution in [1.82, 2.24) is 5.32 Å². The molecule has 3 aromatic rings. The third-order valence-corrected chi connectivity index (χ3v) is 6.87. The lowest BCUT2D eigenvalue weighted by atomic mass is 9.68. The Morgan fingerprint density at radius 3 is 2.35 bits per heavy atom. The van der Waals surface area contributed by atoms with Crippen LogP contribution in [-0.2, 0) is 14.3 Å². The Hall–Kier alpha value is -4.32. The van der Waals surface area contributed by atoms with Crippen molar-refractivity contribution in [2.75, 3.05) is 13.2 Å². The number of fused-ring (bicyclic) bond motifs is 1. The van der Waals surface area contributed by atoms with Gasteiger partial charge in [-0.25, -0.2) is 4.79 Å². The molecular formula is C31H29NO5. The number of nitrogens with one attached hydrogen (secondary N) is 1. The fraction of sp³-hybridized carbons (Fsp3) is 0.226. The van der Waals surface area contributed by atoms with E-state index in [9.17, 15) is 14.7 Å². The predicted molar refractivity (Wildman–Crippen MR) is 140 cm³/mol. The number of para-hydroxylation sites is 1. The summed E-state index contributed by atoms with van der Waals surface area (Å²) in [5.74, 6) is -0.895. The Bertz CT molecular complexity index is 1350. The number of carbonyl (C=O) groups is 2. The van der Waals surface area contributed by atoms with Crippen LogP contribution in [0.1, 0.15) is 36.3 Å². The maximum atomic E-state index is 13.6. The van der Waals surface area contributed by atoms with Crippen LogP contribution in [0.25, 0.3) is 0 Å². The highest BCUT2D eigenvalue weighted by Crippen LogP contribution is 2.46. The van der Waals surface area contributed by atoms with Crippen LogP contribution in [0.15, 0.2) is 108 Å². The lowest BCUT2D eigenvalue weighted by molar-refractivity contribution is -0.140. The highest BCUT2D eigenvalue weighted by molar-refractivity contribution is 5.96. The molecule has 6 nitrogen and oxygen atoms in total. The lowest BCUT2D eigenvalue weighted by Gasteiger charge is -2.39. The van der Waals surface area contributed by atoms with Gasteiger partial charge in [0.2, 0.25) is 0 Å². The van der Waals surface area contributed by atoms with Gasteiger partial charge in [0.25, 0.3) is 0 Å². The van der Waals surface area contributed by atoms with Crippen LogP contribution in [0.5, 0.6) is 11.5 Å². The van der Waals surface area contributed by atoms with Crippen molar-refractivity contribution in [3.8, 4) is 11.5 Å². The van der Waals surface area contributed by atoms with Crippen LogP contribution in [0.2, 0.25) is 0 Å². The minimum absolute atomic E-state index is 0.0393. The van der Waals surface area contributed by atoms with Crippen molar-refractivity contribution in [1.29, 1.82) is 0 Å². The van der Waals surface area contributed by atoms with Gasteiger partial charge in [-0.15, -0.1) is 0 Å². The number of allylic oxidation sites excluding steroid dienone is 3. The fourth-order valence-electron chi connectivity index (χ4n) is 5.23. The summed E-state index contributed by atoms with van der Waals surface area (Å²) in [5.41, 5.74) is 3.56. The minimum atomic E-state index is -0.577. The number of ketones is 1. The molecule has 0 radical (unpaired) electrons. The molecule has 1 heterocycles. The van der Waals surface area contributed by atoms with Crippen molar-refractivity contribution in [3.63, 3.8) is 0 Å². The number of phenols is 1. The zero-order chi connectivity index (χ0) is 25.8. The molecule has 2 aliphatic rings. The third-order valence-electron chi connectivity index (χ3n) is 6.87. The summed E-state index contributed by atoms with van der Waals surface area (Å²) in [5, 5.41) is 13.5. The van der Waals surface area contributed by atoms with Gasteiger partial charge >= 0.3 is 5.97 Å². The quantitative estimate of drug-likeness (QED) is 0.345. The molecule has 5 rings (SSSR count). The van der Waals surface area contributed by atoms with E-state index in [-0.39, 0.29) is 30.7 Å². The molecule has 0 amide bonds. The molecule has 0 spiro atoms. The van der Waals surface area contributed by atoms with Crippen LogP contribution < -0.4 is 10.1 Å². The summed E-state index contributed by atoms with van der Waals surface area (Å²) in [6.07, 6.45) is 2.43. The highest BCUT2D eigenvalue weighted by Gasteiger charge is 2.45. The minimum Gasteiger partial charge on any atom is -0.508 e. The van der Waals surface area contributed by atoms with E-state index in [1.165, 1.54) is 0 Å². The zero-order valence-corrected chi connectivity index (χ0v) is 20.6. The normalized spacial score (nSPS) is 20.9. The maximum absolute atomic E-state index is 13.6. The van der Waals surface area contributed by atoms with E-state index in [0.29, 0.717) is 29.0 Å². The van der Waals surface area contributed by atoms with Gasteiger partial charge < -0.3 is 19.9 Å². The van der Waals surface area contributed by atoms with Crippen LogP contribution in [0.3, 0.4) is 0 Å². The summed E-state index contributed by atoms with van der Waals surface area (Å²) >= 11 is 0. The summed E-state index contributed by atoms with van der Waals surface area (Å²) < 4.78 is 11.3. The molecule has 3 aromatic carbocycles. The lowest BCUT2D eigenvalue weighted by Crippen LogP contribution is -2.42. The second-order valence-electron chi connectivity index (χ2n) is 9.32. The Morgan fingerprint density at radius 1 is 0.919 bits per heavy atom. The molecule has 0 aromatic heterocycles. The van der Waals surface area contributed by atoms with Crippen LogP contribution in [0, 0.1) is 5.92 Å². The van der Waals surface area contributed by atoms with E-state index in [1.54, 1.807) is 18.2 Å². The number of hydrogen-bond acceptors (Lipinski definition) is 6. The van der Waals surface area contributed by atoms with Gasteiger partial charge in [0.05, 0.1) is 11.5 Å². The van der Waals surface area contributed by atoms with Gasteiger partial charge in [-0.2, -0.15) is 0 Å². The van der Waals surface area contributed by atoms with Gasteiger partial charge in [0.15, 0.2) is 0 Å². The Balaban J connectivity index is 1.44. The molecule has 6 heteroatoms. The highest BCUT2D eigenvalue weighted by atomic mass is 16.6. The number of benzene rings is 3. The zero-order valence-electron chi connectivity index (χ0n) is 20.6. The van der Waals surface area contributed by atoms with Gasteiger partial charge in [-0.1, -0.05) is 66.7 Å². The molecule has 1 aliphatic carbocycles. The van der Waals surface area contributed by atoms with Crippen LogP contribution in [-0.4, -0.2) is 30.1 Å². The molecule has 2 N–H and O–H groups in total. The molecule has 0 fully saturated rings. The molecule has 188 valence electrons. The van der Waals surface area contributed by atoms with Crippen molar-refractivity contribution in [3.05, 3.63) is 119 Å². The van der Waals surface area contributed by atoms with Crippen molar-refractivity contribution in [2.45, 2.75) is 25.2 Å². The first kappa shape index (κ1) is 24.4.